The van der Waals surface area contributed by atoms with E-state index in [4.69, 9.17) is 9.47 Å². The van der Waals surface area contributed by atoms with Crippen LogP contribution in [0.4, 0.5) is 0 Å². The molecule has 0 saturated carbocycles. The Bertz CT molecular complexity index is 2050. The molecule has 7 rings (SSSR count). The molecule has 3 atom stereocenters. The van der Waals surface area contributed by atoms with Crippen LogP contribution in [0.5, 0.6) is 0 Å². The lowest BCUT2D eigenvalue weighted by Gasteiger charge is -2.49. The third-order valence-corrected chi connectivity index (χ3v) is 10.3. The fourth-order valence-corrected chi connectivity index (χ4v) is 7.65. The summed E-state index contributed by atoms with van der Waals surface area (Å²) >= 11 is 1.44. The largest absolute Gasteiger partial charge is 0.456 e. The van der Waals surface area contributed by atoms with Crippen LogP contribution in [0.15, 0.2) is 145 Å². The fraction of sp³-hybridized carbons (Fsp3) is 0.171. The van der Waals surface area contributed by atoms with Gasteiger partial charge < -0.3 is 14.8 Å². The van der Waals surface area contributed by atoms with Crippen LogP contribution in [0.25, 0.3) is 10.8 Å². The highest BCUT2D eigenvalue weighted by atomic mass is 32.2. The fourth-order valence-electron chi connectivity index (χ4n) is 6.35. The van der Waals surface area contributed by atoms with E-state index >= 15 is 0 Å². The Hall–Kier alpha value is -5.67. The SMILES string of the molecule is CC1=C(C(=O)OCc2ccc3ccccc3c2)N2C(=O)C(NC(=O)C(C(=O)OC(c3ccccc3)c3ccccc3)c3ccccc3)[C@H]2SC1. The van der Waals surface area contributed by atoms with Crippen molar-refractivity contribution in [3.63, 3.8) is 0 Å². The molecule has 2 amide bonds. The summed E-state index contributed by atoms with van der Waals surface area (Å²) in [6, 6.07) is 40.2. The van der Waals surface area contributed by atoms with E-state index in [1.54, 1.807) is 37.3 Å². The van der Waals surface area contributed by atoms with Gasteiger partial charge in [-0.25, -0.2) is 4.79 Å². The van der Waals surface area contributed by atoms with Gasteiger partial charge in [-0.3, -0.25) is 19.3 Å². The number of benzene rings is 5. The van der Waals surface area contributed by atoms with Crippen LogP contribution in [0.1, 0.15) is 41.2 Å². The van der Waals surface area contributed by atoms with E-state index in [1.807, 2.05) is 103 Å². The van der Waals surface area contributed by atoms with Crippen molar-refractivity contribution in [1.82, 2.24) is 10.2 Å². The van der Waals surface area contributed by atoms with Gasteiger partial charge in [0, 0.05) is 5.75 Å². The molecule has 0 radical (unpaired) electrons. The predicted molar refractivity (Wildman–Crippen MR) is 191 cm³/mol. The van der Waals surface area contributed by atoms with Crippen molar-refractivity contribution in [1.29, 1.82) is 0 Å². The summed E-state index contributed by atoms with van der Waals surface area (Å²) < 4.78 is 11.8. The maximum absolute atomic E-state index is 14.0. The third kappa shape index (κ3) is 6.64. The van der Waals surface area contributed by atoms with Crippen LogP contribution in [-0.4, -0.2) is 45.8 Å². The van der Waals surface area contributed by atoms with E-state index in [-0.39, 0.29) is 12.3 Å². The number of hydrogen-bond donors (Lipinski definition) is 1. The molecular formula is C41H34N2O6S. The first-order valence-electron chi connectivity index (χ1n) is 16.3. The summed E-state index contributed by atoms with van der Waals surface area (Å²) in [4.78, 5) is 56.4. The first-order valence-corrected chi connectivity index (χ1v) is 17.4. The van der Waals surface area contributed by atoms with Crippen molar-refractivity contribution >= 4 is 46.3 Å². The van der Waals surface area contributed by atoms with E-state index in [1.165, 1.54) is 16.7 Å². The molecule has 0 spiro atoms. The molecule has 0 aliphatic carbocycles. The number of nitrogens with one attached hydrogen (secondary N) is 1. The Labute approximate surface area is 294 Å². The Balaban J connectivity index is 1.07. The number of carbonyl (C=O) groups excluding carboxylic acids is 4. The number of thioether (sulfide) groups is 1. The molecule has 1 N–H and O–H groups in total. The minimum absolute atomic E-state index is 0.0499. The van der Waals surface area contributed by atoms with E-state index in [9.17, 15) is 19.2 Å². The van der Waals surface area contributed by atoms with Crippen LogP contribution in [-0.2, 0) is 35.3 Å². The van der Waals surface area contributed by atoms with E-state index in [0.29, 0.717) is 16.9 Å². The maximum Gasteiger partial charge on any atom is 0.355 e. The smallest absolute Gasteiger partial charge is 0.355 e. The zero-order valence-electron chi connectivity index (χ0n) is 27.2. The van der Waals surface area contributed by atoms with Crippen LogP contribution in [0.3, 0.4) is 0 Å². The predicted octanol–water partition coefficient (Wildman–Crippen LogP) is 6.67. The third-order valence-electron chi connectivity index (χ3n) is 8.90. The van der Waals surface area contributed by atoms with Crippen molar-refractivity contribution in [3.8, 4) is 0 Å². The minimum Gasteiger partial charge on any atom is -0.456 e. The van der Waals surface area contributed by atoms with Crippen LogP contribution < -0.4 is 5.32 Å². The average Bonchev–Trinajstić information content (AvgIpc) is 3.16. The van der Waals surface area contributed by atoms with Crippen molar-refractivity contribution in [2.45, 2.75) is 37.0 Å². The van der Waals surface area contributed by atoms with Gasteiger partial charge in [-0.1, -0.05) is 127 Å². The zero-order chi connectivity index (χ0) is 34.6. The molecule has 1 saturated heterocycles. The van der Waals surface area contributed by atoms with Gasteiger partial charge in [-0.15, -0.1) is 11.8 Å². The summed E-state index contributed by atoms with van der Waals surface area (Å²) in [5.74, 6) is -3.32. The van der Waals surface area contributed by atoms with Gasteiger partial charge in [0.25, 0.3) is 5.91 Å². The second-order valence-corrected chi connectivity index (χ2v) is 13.4. The number of ether oxygens (including phenoxy) is 2. The number of hydrogen-bond acceptors (Lipinski definition) is 7. The van der Waals surface area contributed by atoms with Gasteiger partial charge in [0.15, 0.2) is 12.0 Å². The molecule has 8 nitrogen and oxygen atoms in total. The summed E-state index contributed by atoms with van der Waals surface area (Å²) in [5, 5.41) is 4.41. The Kier molecular flexibility index (Phi) is 9.49. The highest BCUT2D eigenvalue weighted by Gasteiger charge is 2.54. The number of β-lactam (4-membered cyclic amide) rings is 1. The Morgan fingerprint density at radius 3 is 2.00 bits per heavy atom. The van der Waals surface area contributed by atoms with Crippen molar-refractivity contribution < 1.29 is 28.7 Å². The van der Waals surface area contributed by atoms with Crippen molar-refractivity contribution in [2.24, 2.45) is 0 Å². The number of carbonyl (C=O) groups is 4. The molecule has 5 aromatic carbocycles. The molecular weight excluding hydrogens is 649 g/mol. The molecule has 9 heteroatoms. The van der Waals surface area contributed by atoms with Crippen LogP contribution in [0, 0.1) is 0 Å². The van der Waals surface area contributed by atoms with Gasteiger partial charge in [-0.05, 0) is 51.6 Å². The quantitative estimate of drug-likeness (QED) is 0.0997. The molecule has 1 fully saturated rings. The van der Waals surface area contributed by atoms with Crippen molar-refractivity contribution in [2.75, 3.05) is 5.75 Å². The summed E-state index contributed by atoms with van der Waals surface area (Å²) in [6.07, 6.45) is -0.755. The van der Waals surface area contributed by atoms with Gasteiger partial charge in [0.05, 0.1) is 0 Å². The minimum atomic E-state index is -1.34. The molecule has 0 bridgehead atoms. The lowest BCUT2D eigenvalue weighted by Crippen LogP contribution is -2.71. The van der Waals surface area contributed by atoms with Gasteiger partial charge >= 0.3 is 11.9 Å². The van der Waals surface area contributed by atoms with Gasteiger partial charge in [0.2, 0.25) is 5.91 Å². The van der Waals surface area contributed by atoms with Crippen molar-refractivity contribution in [3.05, 3.63) is 167 Å². The molecule has 5 aromatic rings. The van der Waals surface area contributed by atoms with Crippen LogP contribution in [0.2, 0.25) is 0 Å². The standard InChI is InChI=1S/C41H34N2O6S/c1-26-25-50-39-34(38(45)43(39)35(26)41(47)48-24-27-21-22-28-13-11-12-20-32(28)23-27)42-37(44)33(29-14-5-2-6-15-29)40(46)49-36(30-16-7-3-8-17-30)31-18-9-4-10-19-31/h2-23,33-34,36,39H,24-25H2,1H3,(H,42,44)/t33?,34?,39-/m1/s1. The van der Waals surface area contributed by atoms with Gasteiger partial charge in [0.1, 0.15) is 23.7 Å². The second kappa shape index (κ2) is 14.4. The lowest BCUT2D eigenvalue weighted by atomic mass is 9.95. The van der Waals surface area contributed by atoms with E-state index < -0.39 is 47.2 Å². The first kappa shape index (κ1) is 32.9. The van der Waals surface area contributed by atoms with Gasteiger partial charge in [-0.2, -0.15) is 0 Å². The molecule has 2 aliphatic rings. The molecule has 50 heavy (non-hydrogen) atoms. The first-order chi connectivity index (χ1) is 24.4. The number of rotatable bonds is 10. The van der Waals surface area contributed by atoms with Crippen LogP contribution >= 0.6 is 11.8 Å². The zero-order valence-corrected chi connectivity index (χ0v) is 28.0. The second-order valence-electron chi connectivity index (χ2n) is 12.3. The number of fused-ring (bicyclic) bond motifs is 2. The molecule has 250 valence electrons. The Morgan fingerprint density at radius 1 is 0.780 bits per heavy atom. The number of esters is 2. The van der Waals surface area contributed by atoms with E-state index in [0.717, 1.165) is 27.5 Å². The topological polar surface area (TPSA) is 102 Å². The highest BCUT2D eigenvalue weighted by molar-refractivity contribution is 8.00. The number of nitrogens with zero attached hydrogens (tertiary/aromatic N) is 1. The highest BCUT2D eigenvalue weighted by Crippen LogP contribution is 2.41. The monoisotopic (exact) mass is 682 g/mol. The lowest BCUT2D eigenvalue weighted by molar-refractivity contribution is -0.156. The molecule has 2 heterocycles. The molecule has 2 aliphatic heterocycles. The maximum atomic E-state index is 14.0. The normalized spacial score (nSPS) is 17.5. The molecule has 2 unspecified atom stereocenters. The average molecular weight is 683 g/mol. The summed E-state index contributed by atoms with van der Waals surface area (Å²) in [6.45, 7) is 1.85. The summed E-state index contributed by atoms with van der Waals surface area (Å²) in [5.41, 5.74) is 3.68. The molecule has 0 aromatic heterocycles. The van der Waals surface area contributed by atoms with E-state index in [2.05, 4.69) is 5.32 Å². The Morgan fingerprint density at radius 2 is 1.36 bits per heavy atom. The number of amides is 2. The summed E-state index contributed by atoms with van der Waals surface area (Å²) in [7, 11) is 0.